The molecule has 7 nitrogen and oxygen atoms in total. The van der Waals surface area contributed by atoms with Crippen LogP contribution in [-0.4, -0.2) is 43.6 Å². The van der Waals surface area contributed by atoms with Gasteiger partial charge in [0.15, 0.2) is 5.82 Å². The van der Waals surface area contributed by atoms with E-state index in [-0.39, 0.29) is 23.9 Å². The van der Waals surface area contributed by atoms with Gasteiger partial charge in [-0.3, -0.25) is 15.1 Å². The number of nitrogens with zero attached hydrogens (tertiary/aromatic N) is 5. The Kier molecular flexibility index (Phi) is 5.44. The highest BCUT2D eigenvalue weighted by atomic mass is 16.2. The molecule has 7 heteroatoms. The molecular weight excluding hydrogens is 352 g/mol. The zero-order chi connectivity index (χ0) is 19.7. The van der Waals surface area contributed by atoms with Crippen LogP contribution in [0.25, 0.3) is 0 Å². The summed E-state index contributed by atoms with van der Waals surface area (Å²) in [5.41, 5.74) is 2.40. The molecule has 0 spiro atoms. The van der Waals surface area contributed by atoms with Crippen molar-refractivity contribution in [3.63, 3.8) is 0 Å². The highest BCUT2D eigenvalue weighted by Gasteiger charge is 2.31. The van der Waals surface area contributed by atoms with Crippen molar-refractivity contribution in [3.05, 3.63) is 41.2 Å². The van der Waals surface area contributed by atoms with E-state index >= 15 is 0 Å². The van der Waals surface area contributed by atoms with E-state index in [1.54, 1.807) is 4.90 Å². The lowest BCUT2D eigenvalue weighted by atomic mass is 9.90. The van der Waals surface area contributed by atoms with Gasteiger partial charge < -0.3 is 9.47 Å². The predicted octanol–water partition coefficient (Wildman–Crippen LogP) is 2.27. The molecule has 2 aromatic heterocycles. The number of aromatic nitrogens is 4. The van der Waals surface area contributed by atoms with E-state index < -0.39 is 0 Å². The average Bonchev–Trinajstić information content (AvgIpc) is 3.30. The summed E-state index contributed by atoms with van der Waals surface area (Å²) in [6.07, 6.45) is 7.15. The minimum absolute atomic E-state index is 0.105. The SMILES string of the molecule is CC(C)C(NC1CCCc2cccnc21)C(=O)N(C)Cc1nnc2n1CCC2. The van der Waals surface area contributed by atoms with Crippen molar-refractivity contribution in [1.29, 1.82) is 0 Å². The molecule has 1 aliphatic heterocycles. The minimum atomic E-state index is -0.246. The third-order valence-corrected chi connectivity index (χ3v) is 5.95. The molecule has 28 heavy (non-hydrogen) atoms. The number of hydrogen-bond donors (Lipinski definition) is 1. The maximum absolute atomic E-state index is 13.3. The number of nitrogens with one attached hydrogen (secondary N) is 1. The Morgan fingerprint density at radius 2 is 2.18 bits per heavy atom. The Hall–Kier alpha value is -2.28. The summed E-state index contributed by atoms with van der Waals surface area (Å²) < 4.78 is 2.16. The molecule has 1 amide bonds. The molecule has 0 saturated carbocycles. The minimum Gasteiger partial charge on any atom is -0.337 e. The van der Waals surface area contributed by atoms with Gasteiger partial charge in [0, 0.05) is 26.2 Å². The summed E-state index contributed by atoms with van der Waals surface area (Å²) >= 11 is 0. The summed E-state index contributed by atoms with van der Waals surface area (Å²) in [6.45, 7) is 5.65. The monoisotopic (exact) mass is 382 g/mol. The lowest BCUT2D eigenvalue weighted by Crippen LogP contribution is -2.49. The first kappa shape index (κ1) is 19.1. The summed E-state index contributed by atoms with van der Waals surface area (Å²) in [6, 6.07) is 4.04. The van der Waals surface area contributed by atoms with E-state index in [0.29, 0.717) is 6.54 Å². The Labute approximate surface area is 166 Å². The number of likely N-dealkylation sites (N-methyl/N-ethyl adjacent to an activating group) is 1. The molecule has 2 unspecified atom stereocenters. The van der Waals surface area contributed by atoms with Crippen LogP contribution >= 0.6 is 0 Å². The van der Waals surface area contributed by atoms with E-state index in [0.717, 1.165) is 56.0 Å². The molecule has 2 aromatic rings. The van der Waals surface area contributed by atoms with Gasteiger partial charge in [0.2, 0.25) is 5.91 Å². The summed E-state index contributed by atoms with van der Waals surface area (Å²) in [5.74, 6) is 2.22. The van der Waals surface area contributed by atoms with Crippen LogP contribution < -0.4 is 5.32 Å². The van der Waals surface area contributed by atoms with Crippen molar-refractivity contribution in [2.75, 3.05) is 7.05 Å². The molecule has 0 radical (unpaired) electrons. The Bertz CT molecular complexity index is 845. The van der Waals surface area contributed by atoms with Gasteiger partial charge in [-0.05, 0) is 43.2 Å². The molecule has 3 heterocycles. The molecule has 1 N–H and O–H groups in total. The largest absolute Gasteiger partial charge is 0.337 e. The summed E-state index contributed by atoms with van der Waals surface area (Å²) in [5, 5.41) is 12.2. The van der Waals surface area contributed by atoms with Crippen molar-refractivity contribution in [3.8, 4) is 0 Å². The van der Waals surface area contributed by atoms with Crippen molar-refractivity contribution >= 4 is 5.91 Å². The van der Waals surface area contributed by atoms with E-state index in [4.69, 9.17) is 0 Å². The van der Waals surface area contributed by atoms with E-state index in [2.05, 4.69) is 45.0 Å². The maximum Gasteiger partial charge on any atom is 0.240 e. The number of rotatable bonds is 6. The van der Waals surface area contributed by atoms with E-state index in [1.165, 1.54) is 5.56 Å². The average molecular weight is 383 g/mol. The van der Waals surface area contributed by atoms with Crippen molar-refractivity contribution < 1.29 is 4.79 Å². The highest BCUT2D eigenvalue weighted by Crippen LogP contribution is 2.29. The molecule has 2 atom stereocenters. The standard InChI is InChI=1S/C21H30N6O/c1-14(2)19(23-16-9-4-7-15-8-5-11-22-20(15)16)21(28)26(3)13-18-25-24-17-10-6-12-27(17)18/h5,8,11,14,16,19,23H,4,6-7,9-10,12-13H2,1-3H3. The molecule has 150 valence electrons. The van der Waals surface area contributed by atoms with Crippen LogP contribution in [0.2, 0.25) is 0 Å². The van der Waals surface area contributed by atoms with Crippen LogP contribution in [0.5, 0.6) is 0 Å². The van der Waals surface area contributed by atoms with Crippen LogP contribution in [0.15, 0.2) is 18.3 Å². The quantitative estimate of drug-likeness (QED) is 0.829. The molecule has 4 rings (SSSR count). The van der Waals surface area contributed by atoms with Gasteiger partial charge in [0.05, 0.1) is 24.3 Å². The first-order valence-corrected chi connectivity index (χ1v) is 10.4. The normalized spacial score (nSPS) is 19.4. The van der Waals surface area contributed by atoms with Gasteiger partial charge in [-0.25, -0.2) is 0 Å². The number of carbonyl (C=O) groups excluding carboxylic acids is 1. The second-order valence-corrected chi connectivity index (χ2v) is 8.36. The van der Waals surface area contributed by atoms with Gasteiger partial charge in [-0.2, -0.15) is 0 Å². The zero-order valence-corrected chi connectivity index (χ0v) is 17.1. The molecule has 0 saturated heterocycles. The number of carbonyl (C=O) groups is 1. The maximum atomic E-state index is 13.3. The van der Waals surface area contributed by atoms with Crippen LogP contribution in [0, 0.1) is 5.92 Å². The molecule has 0 bridgehead atoms. The molecule has 0 aromatic carbocycles. The van der Waals surface area contributed by atoms with Gasteiger partial charge in [-0.15, -0.1) is 10.2 Å². The second kappa shape index (κ2) is 7.99. The van der Waals surface area contributed by atoms with Crippen molar-refractivity contribution in [1.82, 2.24) is 30.0 Å². The first-order valence-electron chi connectivity index (χ1n) is 10.4. The van der Waals surface area contributed by atoms with Crippen LogP contribution in [0.4, 0.5) is 0 Å². The van der Waals surface area contributed by atoms with E-state index in [1.807, 2.05) is 19.3 Å². The number of pyridine rings is 1. The molecule has 2 aliphatic rings. The lowest BCUT2D eigenvalue weighted by Gasteiger charge is -2.33. The molecular formula is C21H30N6O. The highest BCUT2D eigenvalue weighted by molar-refractivity contribution is 5.82. The molecule has 1 aliphatic carbocycles. The smallest absolute Gasteiger partial charge is 0.240 e. The fourth-order valence-electron chi connectivity index (χ4n) is 4.39. The third kappa shape index (κ3) is 3.68. The fourth-order valence-corrected chi connectivity index (χ4v) is 4.39. The number of fused-ring (bicyclic) bond motifs is 2. The van der Waals surface area contributed by atoms with Gasteiger partial charge in [0.25, 0.3) is 0 Å². The predicted molar refractivity (Wildman–Crippen MR) is 106 cm³/mol. The fraction of sp³-hybridized carbons (Fsp3) is 0.619. The van der Waals surface area contributed by atoms with Crippen LogP contribution in [0.3, 0.4) is 0 Å². The van der Waals surface area contributed by atoms with Crippen LogP contribution in [0.1, 0.15) is 62.1 Å². The Morgan fingerprint density at radius 3 is 3.00 bits per heavy atom. The van der Waals surface area contributed by atoms with Crippen molar-refractivity contribution in [2.45, 2.75) is 71.1 Å². The van der Waals surface area contributed by atoms with Crippen molar-refractivity contribution in [2.24, 2.45) is 5.92 Å². The number of aryl methyl sites for hydroxylation is 2. The first-order chi connectivity index (χ1) is 13.5. The number of amides is 1. The lowest BCUT2D eigenvalue weighted by molar-refractivity contribution is -0.134. The zero-order valence-electron chi connectivity index (χ0n) is 17.1. The second-order valence-electron chi connectivity index (χ2n) is 8.36. The Morgan fingerprint density at radius 1 is 1.32 bits per heavy atom. The summed E-state index contributed by atoms with van der Waals surface area (Å²) in [7, 11) is 1.86. The molecule has 0 fully saturated rings. The Balaban J connectivity index is 1.47. The van der Waals surface area contributed by atoms with Crippen LogP contribution in [-0.2, 0) is 30.7 Å². The van der Waals surface area contributed by atoms with Gasteiger partial charge >= 0.3 is 0 Å². The summed E-state index contributed by atoms with van der Waals surface area (Å²) in [4.78, 5) is 19.7. The number of hydrogen-bond acceptors (Lipinski definition) is 5. The topological polar surface area (TPSA) is 75.9 Å². The van der Waals surface area contributed by atoms with Gasteiger partial charge in [-0.1, -0.05) is 19.9 Å². The van der Waals surface area contributed by atoms with Gasteiger partial charge in [0.1, 0.15) is 5.82 Å². The third-order valence-electron chi connectivity index (χ3n) is 5.95. The van der Waals surface area contributed by atoms with E-state index in [9.17, 15) is 4.79 Å².